The predicted molar refractivity (Wildman–Crippen MR) is 74.7 cm³/mol. The molecule has 6 nitrogen and oxygen atoms in total. The number of aryl methyl sites for hydroxylation is 3. The van der Waals surface area contributed by atoms with E-state index in [1.807, 2.05) is 31.9 Å². The van der Waals surface area contributed by atoms with Crippen LogP contribution in [-0.4, -0.2) is 51.9 Å². The monoisotopic (exact) mass is 274 g/mol. The fourth-order valence-electron chi connectivity index (χ4n) is 2.59. The number of aromatic nitrogens is 3. The third-order valence-electron chi connectivity index (χ3n) is 3.72. The van der Waals surface area contributed by atoms with Gasteiger partial charge in [-0.1, -0.05) is 0 Å². The summed E-state index contributed by atoms with van der Waals surface area (Å²) in [5.41, 5.74) is 3.12. The normalized spacial score (nSPS) is 15.8. The molecule has 20 heavy (non-hydrogen) atoms. The molecule has 1 fully saturated rings. The van der Waals surface area contributed by atoms with Crippen molar-refractivity contribution >= 4 is 16.9 Å². The van der Waals surface area contributed by atoms with E-state index in [1.165, 1.54) is 0 Å². The SMILES string of the molecule is Cc1nc2c(cc1C(=O)N1CCOCC1)c(C)nn2C. The average molecular weight is 274 g/mol. The summed E-state index contributed by atoms with van der Waals surface area (Å²) >= 11 is 0. The Morgan fingerprint density at radius 3 is 2.65 bits per heavy atom. The number of hydrogen-bond acceptors (Lipinski definition) is 4. The molecule has 1 amide bonds. The van der Waals surface area contributed by atoms with Crippen LogP contribution in [0.4, 0.5) is 0 Å². The lowest BCUT2D eigenvalue weighted by Crippen LogP contribution is -2.41. The summed E-state index contributed by atoms with van der Waals surface area (Å²) in [5, 5.41) is 5.29. The lowest BCUT2D eigenvalue weighted by molar-refractivity contribution is 0.0302. The Labute approximate surface area is 117 Å². The van der Waals surface area contributed by atoms with Crippen molar-refractivity contribution in [2.24, 2.45) is 7.05 Å². The zero-order valence-corrected chi connectivity index (χ0v) is 12.0. The topological polar surface area (TPSA) is 60.3 Å². The van der Waals surface area contributed by atoms with Crippen molar-refractivity contribution < 1.29 is 9.53 Å². The molecule has 0 bridgehead atoms. The van der Waals surface area contributed by atoms with Gasteiger partial charge in [-0.15, -0.1) is 0 Å². The first kappa shape index (κ1) is 13.1. The molecule has 3 heterocycles. The van der Waals surface area contributed by atoms with Crippen LogP contribution in [0.3, 0.4) is 0 Å². The molecule has 2 aromatic rings. The summed E-state index contributed by atoms with van der Waals surface area (Å²) in [6.45, 7) is 6.29. The molecule has 0 saturated carbocycles. The minimum Gasteiger partial charge on any atom is -0.378 e. The number of fused-ring (bicyclic) bond motifs is 1. The molecule has 1 aliphatic heterocycles. The van der Waals surface area contributed by atoms with Crippen LogP contribution >= 0.6 is 0 Å². The van der Waals surface area contributed by atoms with Gasteiger partial charge < -0.3 is 9.64 Å². The minimum atomic E-state index is 0.0310. The number of rotatable bonds is 1. The first-order valence-corrected chi connectivity index (χ1v) is 6.76. The van der Waals surface area contributed by atoms with Crippen LogP contribution in [0.1, 0.15) is 21.7 Å². The van der Waals surface area contributed by atoms with Crippen LogP contribution in [0.2, 0.25) is 0 Å². The van der Waals surface area contributed by atoms with Crippen LogP contribution in [0.25, 0.3) is 11.0 Å². The van der Waals surface area contributed by atoms with Crippen LogP contribution in [0, 0.1) is 13.8 Å². The zero-order chi connectivity index (χ0) is 14.3. The van der Waals surface area contributed by atoms with Crippen molar-refractivity contribution in [3.8, 4) is 0 Å². The fraction of sp³-hybridized carbons (Fsp3) is 0.500. The largest absolute Gasteiger partial charge is 0.378 e. The van der Waals surface area contributed by atoms with E-state index >= 15 is 0 Å². The fourth-order valence-corrected chi connectivity index (χ4v) is 2.59. The van der Waals surface area contributed by atoms with E-state index in [9.17, 15) is 4.79 Å². The number of morpholine rings is 1. The summed E-state index contributed by atoms with van der Waals surface area (Å²) < 4.78 is 7.04. The molecule has 2 aromatic heterocycles. The average Bonchev–Trinajstić information content (AvgIpc) is 2.73. The third-order valence-corrected chi connectivity index (χ3v) is 3.72. The van der Waals surface area contributed by atoms with Crippen LogP contribution < -0.4 is 0 Å². The maximum absolute atomic E-state index is 12.6. The standard InChI is InChI=1S/C14H18N4O2/c1-9-12(14(19)18-4-6-20-7-5-18)8-11-10(2)16-17(3)13(11)15-9/h8H,4-7H2,1-3H3. The van der Waals surface area contributed by atoms with Gasteiger partial charge >= 0.3 is 0 Å². The summed E-state index contributed by atoms with van der Waals surface area (Å²) in [6.07, 6.45) is 0. The first-order valence-electron chi connectivity index (χ1n) is 6.76. The molecule has 0 aliphatic carbocycles. The van der Waals surface area contributed by atoms with Gasteiger partial charge in [-0.05, 0) is 19.9 Å². The van der Waals surface area contributed by atoms with Crippen molar-refractivity contribution in [3.05, 3.63) is 23.0 Å². The number of pyridine rings is 1. The summed E-state index contributed by atoms with van der Waals surface area (Å²) in [6, 6.07) is 1.91. The number of nitrogens with zero attached hydrogens (tertiary/aromatic N) is 4. The highest BCUT2D eigenvalue weighted by molar-refractivity contribution is 5.98. The van der Waals surface area contributed by atoms with Gasteiger partial charge in [0.2, 0.25) is 0 Å². The molecule has 6 heteroatoms. The minimum absolute atomic E-state index is 0.0310. The van der Waals surface area contributed by atoms with Crippen molar-refractivity contribution in [2.75, 3.05) is 26.3 Å². The number of carbonyl (C=O) groups is 1. The highest BCUT2D eigenvalue weighted by Crippen LogP contribution is 2.20. The summed E-state index contributed by atoms with van der Waals surface area (Å²) in [7, 11) is 1.87. The van der Waals surface area contributed by atoms with Gasteiger partial charge in [-0.2, -0.15) is 5.10 Å². The molecular formula is C14H18N4O2. The van der Waals surface area contributed by atoms with Crippen molar-refractivity contribution in [1.29, 1.82) is 0 Å². The van der Waals surface area contributed by atoms with E-state index in [4.69, 9.17) is 4.74 Å². The van der Waals surface area contributed by atoms with Crippen LogP contribution in [0.5, 0.6) is 0 Å². The Kier molecular flexibility index (Phi) is 3.17. The maximum Gasteiger partial charge on any atom is 0.255 e. The van der Waals surface area contributed by atoms with Gasteiger partial charge in [-0.3, -0.25) is 9.48 Å². The molecule has 0 aromatic carbocycles. The molecule has 3 rings (SSSR count). The van der Waals surface area contributed by atoms with Gasteiger partial charge in [-0.25, -0.2) is 4.98 Å². The molecule has 0 radical (unpaired) electrons. The highest BCUT2D eigenvalue weighted by Gasteiger charge is 2.22. The number of hydrogen-bond donors (Lipinski definition) is 0. The summed E-state index contributed by atoms with van der Waals surface area (Å²) in [4.78, 5) is 18.9. The lowest BCUT2D eigenvalue weighted by atomic mass is 10.1. The van der Waals surface area contributed by atoms with E-state index in [0.717, 1.165) is 22.4 Å². The van der Waals surface area contributed by atoms with Gasteiger partial charge in [0.15, 0.2) is 5.65 Å². The van der Waals surface area contributed by atoms with Gasteiger partial charge in [0.25, 0.3) is 5.91 Å². The smallest absolute Gasteiger partial charge is 0.255 e. The Morgan fingerprint density at radius 1 is 1.25 bits per heavy atom. The van der Waals surface area contributed by atoms with Crippen molar-refractivity contribution in [1.82, 2.24) is 19.7 Å². The first-order chi connectivity index (χ1) is 9.58. The second kappa shape index (κ2) is 4.86. The van der Waals surface area contributed by atoms with E-state index in [-0.39, 0.29) is 5.91 Å². The molecule has 0 spiro atoms. The molecule has 106 valence electrons. The Morgan fingerprint density at radius 2 is 1.95 bits per heavy atom. The molecule has 1 aliphatic rings. The Balaban J connectivity index is 2.04. The zero-order valence-electron chi connectivity index (χ0n) is 12.0. The molecular weight excluding hydrogens is 256 g/mol. The highest BCUT2D eigenvalue weighted by atomic mass is 16.5. The molecule has 0 unspecified atom stereocenters. The van der Waals surface area contributed by atoms with Gasteiger partial charge in [0.05, 0.1) is 30.2 Å². The number of ether oxygens (including phenoxy) is 1. The van der Waals surface area contributed by atoms with E-state index in [0.29, 0.717) is 31.9 Å². The van der Waals surface area contributed by atoms with E-state index < -0.39 is 0 Å². The second-order valence-corrected chi connectivity index (χ2v) is 5.11. The number of carbonyl (C=O) groups excluding carboxylic acids is 1. The van der Waals surface area contributed by atoms with Crippen molar-refractivity contribution in [2.45, 2.75) is 13.8 Å². The van der Waals surface area contributed by atoms with Crippen LogP contribution in [0.15, 0.2) is 6.07 Å². The van der Waals surface area contributed by atoms with Crippen LogP contribution in [-0.2, 0) is 11.8 Å². The maximum atomic E-state index is 12.6. The Bertz CT molecular complexity index is 671. The van der Waals surface area contributed by atoms with Crippen molar-refractivity contribution in [3.63, 3.8) is 0 Å². The van der Waals surface area contributed by atoms with Gasteiger partial charge in [0.1, 0.15) is 0 Å². The predicted octanol–water partition coefficient (Wildman–Crippen LogP) is 1.06. The lowest BCUT2D eigenvalue weighted by Gasteiger charge is -2.27. The van der Waals surface area contributed by atoms with E-state index in [1.54, 1.807) is 4.68 Å². The molecule has 0 N–H and O–H groups in total. The molecule has 0 atom stereocenters. The second-order valence-electron chi connectivity index (χ2n) is 5.11. The molecule has 1 saturated heterocycles. The number of amides is 1. The Hall–Kier alpha value is -1.95. The van der Waals surface area contributed by atoms with Gasteiger partial charge in [0, 0.05) is 25.5 Å². The summed E-state index contributed by atoms with van der Waals surface area (Å²) in [5.74, 6) is 0.0310. The van der Waals surface area contributed by atoms with E-state index in [2.05, 4.69) is 10.1 Å². The quantitative estimate of drug-likeness (QED) is 0.780. The third kappa shape index (κ3) is 2.06.